The number of amides is 1. The normalized spacial score (nSPS) is 11.0. The Morgan fingerprint density at radius 2 is 1.75 bits per heavy atom. The second-order valence-electron chi connectivity index (χ2n) is 5.53. The van der Waals surface area contributed by atoms with Crippen LogP contribution >= 0.6 is 15.9 Å². The highest BCUT2D eigenvalue weighted by Gasteiger charge is 2.02. The fourth-order valence-corrected chi connectivity index (χ4v) is 2.70. The van der Waals surface area contributed by atoms with Crippen molar-refractivity contribution in [2.45, 2.75) is 12.8 Å². The van der Waals surface area contributed by atoms with Gasteiger partial charge in [0.15, 0.2) is 0 Å². The number of benzene rings is 3. The minimum atomic E-state index is -0.0866. The SMILES string of the molecule is O=C(CCc1ccc2ccccc2c1)N/N=C/c1ccc(Br)cc1. The predicted octanol–water partition coefficient (Wildman–Crippen LogP) is 4.69. The van der Waals surface area contributed by atoms with Gasteiger partial charge in [0, 0.05) is 10.9 Å². The molecule has 0 aliphatic heterocycles. The molecule has 0 unspecified atom stereocenters. The molecule has 0 aromatic heterocycles. The standard InChI is InChI=1S/C20H17BrN2O/c21-19-10-6-16(7-11-19)14-22-23-20(24)12-8-15-5-9-17-3-1-2-4-18(17)13-15/h1-7,9-11,13-14H,8,12H2,(H,23,24)/b22-14+. The molecular weight excluding hydrogens is 364 g/mol. The van der Waals surface area contributed by atoms with Crippen LogP contribution in [0, 0.1) is 0 Å². The van der Waals surface area contributed by atoms with Gasteiger partial charge < -0.3 is 0 Å². The third kappa shape index (κ3) is 4.52. The van der Waals surface area contributed by atoms with Crippen molar-refractivity contribution in [3.63, 3.8) is 0 Å². The number of rotatable bonds is 5. The van der Waals surface area contributed by atoms with Crippen molar-refractivity contribution in [3.8, 4) is 0 Å². The van der Waals surface area contributed by atoms with Gasteiger partial charge in [0.2, 0.25) is 5.91 Å². The van der Waals surface area contributed by atoms with Crippen molar-refractivity contribution in [3.05, 3.63) is 82.3 Å². The van der Waals surface area contributed by atoms with Crippen LogP contribution in [-0.2, 0) is 11.2 Å². The molecule has 120 valence electrons. The molecule has 0 spiro atoms. The molecule has 0 bridgehead atoms. The van der Waals surface area contributed by atoms with Crippen LogP contribution in [0.2, 0.25) is 0 Å². The number of hydrogen-bond acceptors (Lipinski definition) is 2. The molecule has 0 radical (unpaired) electrons. The fourth-order valence-electron chi connectivity index (χ4n) is 2.44. The lowest BCUT2D eigenvalue weighted by Gasteiger charge is -2.03. The fraction of sp³-hybridized carbons (Fsp3) is 0.100. The van der Waals surface area contributed by atoms with E-state index < -0.39 is 0 Å². The molecule has 1 amide bonds. The van der Waals surface area contributed by atoms with Gasteiger partial charge in [0.25, 0.3) is 0 Å². The predicted molar refractivity (Wildman–Crippen MR) is 102 cm³/mol. The first-order chi connectivity index (χ1) is 11.7. The van der Waals surface area contributed by atoms with Crippen LogP contribution < -0.4 is 5.43 Å². The van der Waals surface area contributed by atoms with Gasteiger partial charge in [0.05, 0.1) is 6.21 Å². The van der Waals surface area contributed by atoms with Gasteiger partial charge >= 0.3 is 0 Å². The zero-order valence-electron chi connectivity index (χ0n) is 13.1. The number of carbonyl (C=O) groups excluding carboxylic acids is 1. The summed E-state index contributed by atoms with van der Waals surface area (Å²) in [5.74, 6) is -0.0866. The zero-order chi connectivity index (χ0) is 16.8. The second-order valence-corrected chi connectivity index (χ2v) is 6.44. The first kappa shape index (κ1) is 16.4. The number of halogens is 1. The first-order valence-electron chi connectivity index (χ1n) is 7.76. The number of hydrogen-bond donors (Lipinski definition) is 1. The molecule has 1 N–H and O–H groups in total. The van der Waals surface area contributed by atoms with Crippen LogP contribution in [0.15, 0.2) is 76.3 Å². The highest BCUT2D eigenvalue weighted by Crippen LogP contribution is 2.16. The van der Waals surface area contributed by atoms with Crippen molar-refractivity contribution in [1.82, 2.24) is 5.43 Å². The van der Waals surface area contributed by atoms with E-state index in [9.17, 15) is 4.79 Å². The van der Waals surface area contributed by atoms with E-state index in [1.807, 2.05) is 36.4 Å². The molecular formula is C20H17BrN2O. The third-order valence-electron chi connectivity index (χ3n) is 3.73. The second kappa shape index (κ2) is 7.88. The van der Waals surface area contributed by atoms with E-state index in [0.29, 0.717) is 12.8 Å². The Morgan fingerprint density at radius 3 is 2.54 bits per heavy atom. The summed E-state index contributed by atoms with van der Waals surface area (Å²) >= 11 is 3.38. The molecule has 0 aliphatic rings. The Morgan fingerprint density at radius 1 is 1.00 bits per heavy atom. The molecule has 0 fully saturated rings. The zero-order valence-corrected chi connectivity index (χ0v) is 14.7. The van der Waals surface area contributed by atoms with E-state index in [1.165, 1.54) is 10.8 Å². The van der Waals surface area contributed by atoms with Gasteiger partial charge in [-0.2, -0.15) is 5.10 Å². The summed E-state index contributed by atoms with van der Waals surface area (Å²) < 4.78 is 1.01. The molecule has 0 saturated heterocycles. The van der Waals surface area contributed by atoms with Gasteiger partial charge in [-0.05, 0) is 40.5 Å². The molecule has 0 aliphatic carbocycles. The van der Waals surface area contributed by atoms with Crippen LogP contribution in [0.5, 0.6) is 0 Å². The minimum Gasteiger partial charge on any atom is -0.273 e. The molecule has 0 saturated carbocycles. The van der Waals surface area contributed by atoms with E-state index in [-0.39, 0.29) is 5.91 Å². The summed E-state index contributed by atoms with van der Waals surface area (Å²) in [7, 11) is 0. The molecule has 24 heavy (non-hydrogen) atoms. The highest BCUT2D eigenvalue weighted by atomic mass is 79.9. The molecule has 4 heteroatoms. The Kier molecular flexibility index (Phi) is 5.39. The largest absolute Gasteiger partial charge is 0.273 e. The summed E-state index contributed by atoms with van der Waals surface area (Å²) in [5.41, 5.74) is 4.66. The molecule has 0 atom stereocenters. The minimum absolute atomic E-state index is 0.0866. The average Bonchev–Trinajstić information content (AvgIpc) is 2.61. The van der Waals surface area contributed by atoms with E-state index in [0.717, 1.165) is 15.6 Å². The van der Waals surface area contributed by atoms with Gasteiger partial charge in [0.1, 0.15) is 0 Å². The number of nitrogens with zero attached hydrogens (tertiary/aromatic N) is 1. The van der Waals surface area contributed by atoms with Crippen molar-refractivity contribution in [1.29, 1.82) is 0 Å². The maximum atomic E-state index is 11.9. The molecule has 3 aromatic rings. The van der Waals surface area contributed by atoms with Gasteiger partial charge in [-0.15, -0.1) is 0 Å². The van der Waals surface area contributed by atoms with Crippen LogP contribution in [-0.4, -0.2) is 12.1 Å². The Balaban J connectivity index is 1.52. The van der Waals surface area contributed by atoms with Gasteiger partial charge in [-0.1, -0.05) is 70.5 Å². The quantitative estimate of drug-likeness (QED) is 0.506. The molecule has 3 rings (SSSR count). The van der Waals surface area contributed by atoms with Crippen LogP contribution in [0.1, 0.15) is 17.5 Å². The van der Waals surface area contributed by atoms with Gasteiger partial charge in [-0.25, -0.2) is 5.43 Å². The summed E-state index contributed by atoms with van der Waals surface area (Å²) in [6.07, 6.45) is 2.75. The summed E-state index contributed by atoms with van der Waals surface area (Å²) in [6.45, 7) is 0. The Labute approximate surface area is 149 Å². The number of aryl methyl sites for hydroxylation is 1. The maximum absolute atomic E-state index is 11.9. The smallest absolute Gasteiger partial charge is 0.240 e. The van der Waals surface area contributed by atoms with Gasteiger partial charge in [-0.3, -0.25) is 4.79 Å². The Hall–Kier alpha value is -2.46. The van der Waals surface area contributed by atoms with Crippen LogP contribution in [0.3, 0.4) is 0 Å². The third-order valence-corrected chi connectivity index (χ3v) is 4.26. The number of fused-ring (bicyclic) bond motifs is 1. The summed E-state index contributed by atoms with van der Waals surface area (Å²) in [4.78, 5) is 11.9. The summed E-state index contributed by atoms with van der Waals surface area (Å²) in [6, 6.07) is 22.2. The van der Waals surface area contributed by atoms with Crippen molar-refractivity contribution in [2.75, 3.05) is 0 Å². The van der Waals surface area contributed by atoms with Crippen molar-refractivity contribution >= 4 is 38.8 Å². The number of nitrogens with one attached hydrogen (secondary N) is 1. The molecule has 3 nitrogen and oxygen atoms in total. The van der Waals surface area contributed by atoms with E-state index >= 15 is 0 Å². The molecule has 3 aromatic carbocycles. The number of hydrazone groups is 1. The maximum Gasteiger partial charge on any atom is 0.240 e. The first-order valence-corrected chi connectivity index (χ1v) is 8.55. The van der Waals surface area contributed by atoms with Crippen molar-refractivity contribution in [2.24, 2.45) is 5.10 Å². The van der Waals surface area contributed by atoms with Crippen LogP contribution in [0.25, 0.3) is 10.8 Å². The van der Waals surface area contributed by atoms with Crippen LogP contribution in [0.4, 0.5) is 0 Å². The van der Waals surface area contributed by atoms with Crippen molar-refractivity contribution < 1.29 is 4.79 Å². The average molecular weight is 381 g/mol. The molecule has 0 heterocycles. The summed E-state index contributed by atoms with van der Waals surface area (Å²) in [5, 5.41) is 6.40. The number of carbonyl (C=O) groups is 1. The lowest BCUT2D eigenvalue weighted by molar-refractivity contribution is -0.121. The lowest BCUT2D eigenvalue weighted by atomic mass is 10.0. The monoisotopic (exact) mass is 380 g/mol. The van der Waals surface area contributed by atoms with E-state index in [1.54, 1.807) is 6.21 Å². The highest BCUT2D eigenvalue weighted by molar-refractivity contribution is 9.10. The van der Waals surface area contributed by atoms with E-state index in [2.05, 4.69) is 56.8 Å². The topological polar surface area (TPSA) is 41.5 Å². The lowest BCUT2D eigenvalue weighted by Crippen LogP contribution is -2.17. The van der Waals surface area contributed by atoms with E-state index in [4.69, 9.17) is 0 Å². The Bertz CT molecular complexity index is 872.